The van der Waals surface area contributed by atoms with Crippen molar-refractivity contribution in [2.75, 3.05) is 0 Å². The third-order valence-corrected chi connectivity index (χ3v) is 4.47. The Labute approximate surface area is 113 Å². The van der Waals surface area contributed by atoms with Crippen LogP contribution in [0.4, 0.5) is 0 Å². The zero-order valence-electron chi connectivity index (χ0n) is 12.9. The van der Waals surface area contributed by atoms with Gasteiger partial charge in [0, 0.05) is 0 Å². The lowest BCUT2D eigenvalue weighted by Gasteiger charge is -2.26. The van der Waals surface area contributed by atoms with Gasteiger partial charge < -0.3 is 0 Å². The maximum Gasteiger partial charge on any atom is 0.139 e. The molecule has 0 saturated heterocycles. The quantitative estimate of drug-likeness (QED) is 0.440. The maximum atomic E-state index is 2.36. The SMILES string of the molecule is BBB(B)c1c(C)c(C)c(B)c(C)c1B(B)B. The number of hydrogen-bond acceptors (Lipinski definition) is 0. The fraction of sp³-hybridized carbons (Fsp3) is 0.333. The third kappa shape index (κ3) is 2.61. The van der Waals surface area contributed by atoms with Crippen LogP contribution >= 0.6 is 0 Å². The van der Waals surface area contributed by atoms with Crippen molar-refractivity contribution in [2.45, 2.75) is 20.8 Å². The fourth-order valence-corrected chi connectivity index (χ4v) is 2.95. The van der Waals surface area contributed by atoms with E-state index in [1.54, 1.807) is 10.9 Å². The molecule has 0 aliphatic rings. The highest BCUT2D eigenvalue weighted by Crippen LogP contribution is 2.03. The van der Waals surface area contributed by atoms with E-state index in [-0.39, 0.29) is 0 Å². The highest BCUT2D eigenvalue weighted by atomic mass is 14.1. The minimum Gasteiger partial charge on any atom is -0.102 e. The van der Waals surface area contributed by atoms with E-state index in [0.29, 0.717) is 13.0 Å². The first-order valence-electron chi connectivity index (χ1n) is 6.92. The molecule has 8 heteroatoms. The van der Waals surface area contributed by atoms with E-state index >= 15 is 0 Å². The summed E-state index contributed by atoms with van der Waals surface area (Å²) >= 11 is 0. The van der Waals surface area contributed by atoms with Gasteiger partial charge in [-0.05, 0) is 20.8 Å². The molecule has 0 aliphatic carbocycles. The van der Waals surface area contributed by atoms with Crippen molar-refractivity contribution in [3.63, 3.8) is 0 Å². The minimum absolute atomic E-state index is 0.622. The van der Waals surface area contributed by atoms with Gasteiger partial charge in [-0.25, -0.2) is 0 Å². The molecule has 0 saturated carbocycles. The Morgan fingerprint density at radius 1 is 0.882 bits per heavy atom. The lowest BCUT2D eigenvalue weighted by Crippen LogP contribution is -2.57. The molecule has 1 aromatic carbocycles. The lowest BCUT2D eigenvalue weighted by molar-refractivity contribution is 1.37. The van der Waals surface area contributed by atoms with Gasteiger partial charge in [-0.15, -0.1) is 10.9 Å². The Kier molecular flexibility index (Phi) is 4.86. The third-order valence-electron chi connectivity index (χ3n) is 4.47. The predicted molar refractivity (Wildman–Crippen MR) is 101 cm³/mol. The summed E-state index contributed by atoms with van der Waals surface area (Å²) in [7, 11) is 12.8. The van der Waals surface area contributed by atoms with Crippen LogP contribution in [0.5, 0.6) is 0 Å². The van der Waals surface area contributed by atoms with Gasteiger partial charge >= 0.3 is 0 Å². The Balaban J connectivity index is 3.65. The van der Waals surface area contributed by atoms with Crippen molar-refractivity contribution in [3.8, 4) is 0 Å². The first-order chi connectivity index (χ1) is 7.82. The summed E-state index contributed by atoms with van der Waals surface area (Å²) in [6, 6.07) is 0. The van der Waals surface area contributed by atoms with Crippen molar-refractivity contribution in [3.05, 3.63) is 16.7 Å². The maximum absolute atomic E-state index is 2.36. The van der Waals surface area contributed by atoms with E-state index in [1.807, 2.05) is 0 Å². The highest BCUT2D eigenvalue weighted by molar-refractivity contribution is 7.52. The molecule has 0 spiro atoms. The van der Waals surface area contributed by atoms with Crippen LogP contribution in [0.25, 0.3) is 0 Å². The standard InChI is InChI=1S/C9H20B8/c1-4-5(2)9(17(14)15-11)8(16(12)13)6(3)7(4)10/h15H,10-14H2,1-3H3. The average Bonchev–Trinajstić information content (AvgIpc) is 2.29. The molecule has 17 heavy (non-hydrogen) atoms. The molecule has 0 atom stereocenters. The van der Waals surface area contributed by atoms with Crippen LogP contribution < -0.4 is 16.4 Å². The van der Waals surface area contributed by atoms with Crippen LogP contribution in [-0.2, 0) is 0 Å². The van der Waals surface area contributed by atoms with Crippen molar-refractivity contribution in [2.24, 2.45) is 0 Å². The highest BCUT2D eigenvalue weighted by Gasteiger charge is 2.21. The van der Waals surface area contributed by atoms with Crippen LogP contribution in [0.15, 0.2) is 0 Å². The molecule has 0 amide bonds. The van der Waals surface area contributed by atoms with Gasteiger partial charge in [-0.3, -0.25) is 0 Å². The van der Waals surface area contributed by atoms with Crippen LogP contribution in [0.1, 0.15) is 16.7 Å². The smallest absolute Gasteiger partial charge is 0.102 e. The average molecular weight is 215 g/mol. The molecule has 80 valence electrons. The van der Waals surface area contributed by atoms with E-state index in [4.69, 9.17) is 0 Å². The Bertz CT molecular complexity index is 428. The number of hydrogen-bond donors (Lipinski definition) is 0. The van der Waals surface area contributed by atoms with Gasteiger partial charge in [0.15, 0.2) is 0 Å². The first-order valence-corrected chi connectivity index (χ1v) is 6.92. The summed E-state index contributed by atoms with van der Waals surface area (Å²) in [6.45, 7) is 8.16. The number of benzene rings is 1. The van der Waals surface area contributed by atoms with Gasteiger partial charge in [0.05, 0.1) is 51.0 Å². The molecule has 0 aromatic heterocycles. The van der Waals surface area contributed by atoms with Crippen LogP contribution in [0.2, 0.25) is 0 Å². The van der Waals surface area contributed by atoms with Crippen LogP contribution in [0.3, 0.4) is 0 Å². The molecular weight excluding hydrogens is 195 g/mol. The monoisotopic (exact) mass is 216 g/mol. The van der Waals surface area contributed by atoms with Gasteiger partial charge in [0.25, 0.3) is 0 Å². The first kappa shape index (κ1) is 14.8. The van der Waals surface area contributed by atoms with E-state index < -0.39 is 0 Å². The lowest BCUT2D eigenvalue weighted by atomic mass is 9.01. The Morgan fingerprint density at radius 3 is 1.82 bits per heavy atom. The van der Waals surface area contributed by atoms with E-state index in [2.05, 4.69) is 59.6 Å². The van der Waals surface area contributed by atoms with Gasteiger partial charge in [0.2, 0.25) is 0 Å². The van der Waals surface area contributed by atoms with Crippen molar-refractivity contribution < 1.29 is 0 Å². The minimum atomic E-state index is 0.622. The molecule has 1 rings (SSSR count). The summed E-state index contributed by atoms with van der Waals surface area (Å²) in [4.78, 5) is 0. The second kappa shape index (κ2) is 5.59. The van der Waals surface area contributed by atoms with Gasteiger partial charge in [-0.2, -0.15) is 0 Å². The molecule has 0 aliphatic heterocycles. The van der Waals surface area contributed by atoms with Crippen LogP contribution in [-0.4, -0.2) is 58.8 Å². The summed E-state index contributed by atoms with van der Waals surface area (Å²) in [5, 5.41) is 0. The van der Waals surface area contributed by atoms with Crippen molar-refractivity contribution in [1.29, 1.82) is 0 Å². The Morgan fingerprint density at radius 2 is 1.41 bits per heavy atom. The van der Waals surface area contributed by atoms with E-state index in [1.165, 1.54) is 29.2 Å². The normalized spacial score (nSPS) is 10.1. The molecule has 0 radical (unpaired) electrons. The second-order valence-electron chi connectivity index (χ2n) is 5.79. The molecule has 1 aromatic rings. The zero-order chi connectivity index (χ0) is 13.3. The zero-order valence-corrected chi connectivity index (χ0v) is 12.9. The number of rotatable bonds is 3. The van der Waals surface area contributed by atoms with Gasteiger partial charge in [-0.1, -0.05) is 22.2 Å². The molecule has 0 unspecified atom stereocenters. The summed E-state index contributed by atoms with van der Waals surface area (Å²) in [5.41, 5.74) is 9.22. The molecule has 0 heterocycles. The summed E-state index contributed by atoms with van der Waals surface area (Å²) < 4.78 is 0. The topological polar surface area (TPSA) is 0 Å². The predicted octanol–water partition coefficient (Wildman–Crippen LogP) is -5.86. The second-order valence-corrected chi connectivity index (χ2v) is 5.79. The van der Waals surface area contributed by atoms with Crippen molar-refractivity contribution >= 4 is 75.2 Å². The van der Waals surface area contributed by atoms with Crippen LogP contribution in [0, 0.1) is 20.8 Å². The fourth-order valence-electron chi connectivity index (χ4n) is 2.95. The van der Waals surface area contributed by atoms with E-state index in [9.17, 15) is 0 Å². The molecule has 0 N–H and O–H groups in total. The summed E-state index contributed by atoms with van der Waals surface area (Å²) in [6.07, 6.45) is 0. The Hall–Kier alpha value is -0.261. The molecule has 0 bridgehead atoms. The van der Waals surface area contributed by atoms with Crippen molar-refractivity contribution in [1.82, 2.24) is 0 Å². The largest absolute Gasteiger partial charge is 0.139 e. The molecule has 0 fully saturated rings. The van der Waals surface area contributed by atoms with Gasteiger partial charge in [0.1, 0.15) is 7.85 Å². The van der Waals surface area contributed by atoms with E-state index in [0.717, 1.165) is 0 Å². The molecule has 0 nitrogen and oxygen atoms in total. The summed E-state index contributed by atoms with van der Waals surface area (Å²) in [5.74, 6) is 0. The molecular formula is C9H20B8.